The molecule has 15 heavy (non-hydrogen) atoms. The molecule has 6 heteroatoms. The summed E-state index contributed by atoms with van der Waals surface area (Å²) in [4.78, 5) is 10.2. The lowest BCUT2D eigenvalue weighted by Crippen LogP contribution is -1.90. The average molecular weight is 227 g/mol. The molecule has 1 aromatic carbocycles. The number of hydrogen-bond acceptors (Lipinski definition) is 4. The van der Waals surface area contributed by atoms with Crippen LogP contribution in [0.2, 0.25) is 0 Å². The molecule has 1 aromatic heterocycles. The van der Waals surface area contributed by atoms with E-state index in [1.54, 1.807) is 24.3 Å². The number of nitro benzene ring substituents is 1. The van der Waals surface area contributed by atoms with Gasteiger partial charge in [0, 0.05) is 12.1 Å². The molecule has 5 nitrogen and oxygen atoms in total. The molecule has 2 aromatic rings. The lowest BCUT2D eigenvalue weighted by Gasteiger charge is -1.96. The third-order valence-corrected chi connectivity index (χ3v) is 1.80. The van der Waals surface area contributed by atoms with E-state index in [1.807, 2.05) is 0 Å². The number of hydrogen-bond donors (Lipinski definition) is 0. The monoisotopic (exact) mass is 226 g/mol. The molecule has 0 aliphatic heterocycles. The highest BCUT2D eigenvalue weighted by atomic mass is 35.5. The van der Waals surface area contributed by atoms with Gasteiger partial charge in [0.25, 0.3) is 5.69 Å². The maximum atomic E-state index is 10.7. The van der Waals surface area contributed by atoms with Crippen molar-refractivity contribution in [2.75, 3.05) is 0 Å². The van der Waals surface area contributed by atoms with E-state index in [9.17, 15) is 10.1 Å². The van der Waals surface area contributed by atoms with Crippen LogP contribution in [0.5, 0.6) is 0 Å². The molecule has 0 aliphatic carbocycles. The summed E-state index contributed by atoms with van der Waals surface area (Å²) in [5, 5.41) is 14.2. The number of nitrogens with zero attached hydrogens (tertiary/aromatic N) is 2. The molecular formula is C9H7ClN2O3. The first-order valence-electron chi connectivity index (χ1n) is 3.93. The van der Waals surface area contributed by atoms with Gasteiger partial charge >= 0.3 is 0 Å². The Labute approximate surface area is 91.3 Å². The molecule has 0 saturated heterocycles. The fourth-order valence-electron chi connectivity index (χ4n) is 1.20. The number of para-hydroxylation sites is 1. The first kappa shape index (κ1) is 11.2. The molecule has 0 saturated carbocycles. The van der Waals surface area contributed by atoms with Gasteiger partial charge in [0.1, 0.15) is 0 Å². The van der Waals surface area contributed by atoms with E-state index in [-0.39, 0.29) is 18.1 Å². The van der Waals surface area contributed by atoms with Crippen LogP contribution in [0, 0.1) is 10.1 Å². The summed E-state index contributed by atoms with van der Waals surface area (Å²) in [6.07, 6.45) is 1.45. The second-order valence-electron chi connectivity index (χ2n) is 2.65. The molecule has 1 heterocycles. The highest BCUT2D eigenvalue weighted by molar-refractivity contribution is 5.85. The van der Waals surface area contributed by atoms with E-state index < -0.39 is 4.92 Å². The highest BCUT2D eigenvalue weighted by Gasteiger charge is 2.16. The Balaban J connectivity index is 0.00000112. The normalized spacial score (nSPS) is 9.33. The van der Waals surface area contributed by atoms with E-state index in [4.69, 9.17) is 4.52 Å². The van der Waals surface area contributed by atoms with Crippen LogP contribution in [0.1, 0.15) is 0 Å². The van der Waals surface area contributed by atoms with Crippen molar-refractivity contribution in [3.63, 3.8) is 0 Å². The summed E-state index contributed by atoms with van der Waals surface area (Å²) in [6, 6.07) is 7.96. The standard InChI is InChI=1S/C9H6N2O3.ClH/c12-11(13)8-4-2-1-3-7(8)9-5-6-10-14-9;/h1-6H;1H. The lowest BCUT2D eigenvalue weighted by atomic mass is 10.1. The maximum absolute atomic E-state index is 10.7. The van der Waals surface area contributed by atoms with Gasteiger partial charge in [0.15, 0.2) is 5.76 Å². The first-order valence-corrected chi connectivity index (χ1v) is 3.93. The Morgan fingerprint density at radius 2 is 2.00 bits per heavy atom. The Morgan fingerprint density at radius 1 is 1.27 bits per heavy atom. The van der Waals surface area contributed by atoms with Crippen LogP contribution in [-0.4, -0.2) is 10.1 Å². The van der Waals surface area contributed by atoms with Gasteiger partial charge in [-0.3, -0.25) is 10.1 Å². The third-order valence-electron chi connectivity index (χ3n) is 1.80. The van der Waals surface area contributed by atoms with Crippen molar-refractivity contribution in [1.29, 1.82) is 0 Å². The van der Waals surface area contributed by atoms with Crippen molar-refractivity contribution in [1.82, 2.24) is 5.16 Å². The largest absolute Gasteiger partial charge is 0.356 e. The molecule has 0 N–H and O–H groups in total. The number of benzene rings is 1. The number of nitro groups is 1. The number of halogens is 1. The molecule has 0 bridgehead atoms. The third kappa shape index (κ3) is 2.13. The zero-order valence-electron chi connectivity index (χ0n) is 7.49. The van der Waals surface area contributed by atoms with E-state index in [0.29, 0.717) is 11.3 Å². The quantitative estimate of drug-likeness (QED) is 0.583. The molecule has 0 unspecified atom stereocenters. The van der Waals surface area contributed by atoms with Crippen LogP contribution in [0.15, 0.2) is 41.1 Å². The van der Waals surface area contributed by atoms with Gasteiger partial charge in [-0.2, -0.15) is 0 Å². The van der Waals surface area contributed by atoms with Crippen molar-refractivity contribution >= 4 is 18.1 Å². The van der Waals surface area contributed by atoms with Crippen LogP contribution in [-0.2, 0) is 0 Å². The van der Waals surface area contributed by atoms with E-state index >= 15 is 0 Å². The minimum atomic E-state index is -0.447. The molecule has 2 rings (SSSR count). The molecular weight excluding hydrogens is 220 g/mol. The van der Waals surface area contributed by atoms with Gasteiger partial charge in [-0.05, 0) is 6.07 Å². The molecule has 0 amide bonds. The van der Waals surface area contributed by atoms with Crippen LogP contribution in [0.25, 0.3) is 11.3 Å². The molecule has 0 fully saturated rings. The summed E-state index contributed by atoms with van der Waals surface area (Å²) < 4.78 is 4.86. The smallest absolute Gasteiger partial charge is 0.280 e. The fraction of sp³-hybridized carbons (Fsp3) is 0. The second-order valence-corrected chi connectivity index (χ2v) is 2.65. The van der Waals surface area contributed by atoms with E-state index in [1.165, 1.54) is 12.3 Å². The molecule has 78 valence electrons. The van der Waals surface area contributed by atoms with Gasteiger partial charge < -0.3 is 4.52 Å². The molecule has 0 spiro atoms. The second kappa shape index (κ2) is 4.56. The summed E-state index contributed by atoms with van der Waals surface area (Å²) >= 11 is 0. The SMILES string of the molecule is Cl.O=[N+]([O-])c1ccccc1-c1ccno1. The summed E-state index contributed by atoms with van der Waals surface area (Å²) in [5.74, 6) is 0.400. The zero-order valence-corrected chi connectivity index (χ0v) is 8.31. The lowest BCUT2D eigenvalue weighted by molar-refractivity contribution is -0.384. The minimum Gasteiger partial charge on any atom is -0.356 e. The van der Waals surface area contributed by atoms with Gasteiger partial charge in [-0.25, -0.2) is 0 Å². The molecule has 0 aliphatic rings. The van der Waals surface area contributed by atoms with Crippen LogP contribution in [0.4, 0.5) is 5.69 Å². The maximum Gasteiger partial charge on any atom is 0.280 e. The Kier molecular flexibility index (Phi) is 3.41. The number of aromatic nitrogens is 1. The summed E-state index contributed by atoms with van der Waals surface area (Å²) in [7, 11) is 0. The Hall–Kier alpha value is -1.88. The topological polar surface area (TPSA) is 69.2 Å². The summed E-state index contributed by atoms with van der Waals surface area (Å²) in [5.41, 5.74) is 0.458. The van der Waals surface area contributed by atoms with Gasteiger partial charge in [-0.1, -0.05) is 17.3 Å². The first-order chi connectivity index (χ1) is 6.79. The molecule has 0 radical (unpaired) electrons. The van der Waals surface area contributed by atoms with Crippen LogP contribution < -0.4 is 0 Å². The van der Waals surface area contributed by atoms with Crippen molar-refractivity contribution in [2.24, 2.45) is 0 Å². The van der Waals surface area contributed by atoms with Crippen LogP contribution in [0.3, 0.4) is 0 Å². The average Bonchev–Trinajstić information content (AvgIpc) is 2.70. The van der Waals surface area contributed by atoms with Crippen molar-refractivity contribution in [3.05, 3.63) is 46.6 Å². The fourth-order valence-corrected chi connectivity index (χ4v) is 1.20. The van der Waals surface area contributed by atoms with Gasteiger partial charge in [0.2, 0.25) is 0 Å². The minimum absolute atomic E-state index is 0. The number of rotatable bonds is 2. The van der Waals surface area contributed by atoms with Crippen molar-refractivity contribution in [3.8, 4) is 11.3 Å². The predicted octanol–water partition coefficient (Wildman–Crippen LogP) is 2.67. The Bertz CT molecular complexity index is 456. The highest BCUT2D eigenvalue weighted by Crippen LogP contribution is 2.28. The summed E-state index contributed by atoms with van der Waals surface area (Å²) in [6.45, 7) is 0. The van der Waals surface area contributed by atoms with Crippen LogP contribution >= 0.6 is 12.4 Å². The zero-order chi connectivity index (χ0) is 9.97. The van der Waals surface area contributed by atoms with Gasteiger partial charge in [-0.15, -0.1) is 12.4 Å². The molecule has 0 atom stereocenters. The van der Waals surface area contributed by atoms with Crippen molar-refractivity contribution in [2.45, 2.75) is 0 Å². The van der Waals surface area contributed by atoms with Gasteiger partial charge in [0.05, 0.1) is 16.7 Å². The predicted molar refractivity (Wildman–Crippen MR) is 55.8 cm³/mol. The Morgan fingerprint density at radius 3 is 2.60 bits per heavy atom. The van der Waals surface area contributed by atoms with E-state index in [0.717, 1.165) is 0 Å². The van der Waals surface area contributed by atoms with E-state index in [2.05, 4.69) is 5.16 Å². The van der Waals surface area contributed by atoms with Crippen molar-refractivity contribution < 1.29 is 9.45 Å².